The Bertz CT molecular complexity index is 437. The summed E-state index contributed by atoms with van der Waals surface area (Å²) in [5.74, 6) is -1.49. The summed E-state index contributed by atoms with van der Waals surface area (Å²) in [6, 6.07) is 0. The highest BCUT2D eigenvalue weighted by atomic mass is 19.3. The minimum absolute atomic E-state index is 0.0354. The molecule has 1 N–H and O–H groups in total. The first kappa shape index (κ1) is 13.0. The van der Waals surface area contributed by atoms with Gasteiger partial charge in [0.05, 0.1) is 0 Å². The number of hydrogen-bond acceptors (Lipinski definition) is 3. The summed E-state index contributed by atoms with van der Waals surface area (Å²) in [4.78, 5) is 14.5. The lowest BCUT2D eigenvalue weighted by Gasteiger charge is -2.23. The number of aromatic nitrogens is 1. The summed E-state index contributed by atoms with van der Waals surface area (Å²) in [6.07, 6.45) is 0.669. The zero-order valence-corrected chi connectivity index (χ0v) is 10.0. The molecule has 0 aromatic carbocycles. The summed E-state index contributed by atoms with van der Waals surface area (Å²) in [6.45, 7) is 2.14. The Morgan fingerprint density at radius 2 is 2.00 bits per heavy atom. The Kier molecular flexibility index (Phi) is 3.63. The van der Waals surface area contributed by atoms with Gasteiger partial charge in [0.2, 0.25) is 5.76 Å². The lowest BCUT2D eigenvalue weighted by atomic mass is 9.83. The highest BCUT2D eigenvalue weighted by Gasteiger charge is 2.30. The molecule has 2 rings (SSSR count). The highest BCUT2D eigenvalue weighted by Crippen LogP contribution is 2.36. The third kappa shape index (κ3) is 2.52. The van der Waals surface area contributed by atoms with Gasteiger partial charge in [-0.25, -0.2) is 18.6 Å². The van der Waals surface area contributed by atoms with E-state index in [2.05, 4.69) is 11.9 Å². The maximum atomic E-state index is 12.6. The van der Waals surface area contributed by atoms with Crippen molar-refractivity contribution in [3.8, 4) is 0 Å². The van der Waals surface area contributed by atoms with Gasteiger partial charge in [-0.15, -0.1) is 0 Å². The van der Waals surface area contributed by atoms with Crippen LogP contribution < -0.4 is 0 Å². The first-order valence-electron chi connectivity index (χ1n) is 6.01. The molecule has 0 aliphatic heterocycles. The molecule has 4 nitrogen and oxygen atoms in total. The second kappa shape index (κ2) is 5.04. The Labute approximate surface area is 103 Å². The molecule has 0 amide bonds. The van der Waals surface area contributed by atoms with E-state index >= 15 is 0 Å². The maximum Gasteiger partial charge on any atom is 0.374 e. The van der Waals surface area contributed by atoms with Crippen LogP contribution in [0.15, 0.2) is 4.42 Å². The van der Waals surface area contributed by atoms with Gasteiger partial charge in [0.25, 0.3) is 6.43 Å². The third-order valence-corrected chi connectivity index (χ3v) is 3.44. The molecule has 0 bridgehead atoms. The minimum atomic E-state index is -2.92. The van der Waals surface area contributed by atoms with E-state index in [1.165, 1.54) is 0 Å². The van der Waals surface area contributed by atoms with Gasteiger partial charge in [-0.2, -0.15) is 0 Å². The molecule has 100 valence electrons. The number of oxazole rings is 1. The summed E-state index contributed by atoms with van der Waals surface area (Å²) < 4.78 is 30.3. The van der Waals surface area contributed by atoms with Crippen LogP contribution in [0.1, 0.15) is 67.1 Å². The van der Waals surface area contributed by atoms with Crippen molar-refractivity contribution in [1.82, 2.24) is 4.98 Å². The van der Waals surface area contributed by atoms with Gasteiger partial charge >= 0.3 is 5.97 Å². The van der Waals surface area contributed by atoms with Crippen molar-refractivity contribution in [2.45, 2.75) is 45.0 Å². The van der Waals surface area contributed by atoms with Crippen molar-refractivity contribution < 1.29 is 23.1 Å². The third-order valence-electron chi connectivity index (χ3n) is 3.44. The molecule has 0 atom stereocenters. The predicted octanol–water partition coefficient (Wildman–Crippen LogP) is 3.60. The van der Waals surface area contributed by atoms with Crippen molar-refractivity contribution in [2.75, 3.05) is 0 Å². The zero-order valence-electron chi connectivity index (χ0n) is 10.0. The fraction of sp³-hybridized carbons (Fsp3) is 0.667. The van der Waals surface area contributed by atoms with Crippen LogP contribution in [0.5, 0.6) is 0 Å². The maximum absolute atomic E-state index is 12.6. The number of aromatic carboxylic acids is 1. The van der Waals surface area contributed by atoms with E-state index in [1.807, 2.05) is 0 Å². The molecule has 1 aliphatic carbocycles. The number of carboxylic acid groups (broad SMARTS) is 1. The van der Waals surface area contributed by atoms with E-state index in [-0.39, 0.29) is 11.8 Å². The number of hydrogen-bond donors (Lipinski definition) is 1. The Balaban J connectivity index is 2.24. The quantitative estimate of drug-likeness (QED) is 0.900. The first-order chi connectivity index (χ1) is 8.49. The van der Waals surface area contributed by atoms with Gasteiger partial charge in [0, 0.05) is 5.92 Å². The summed E-state index contributed by atoms with van der Waals surface area (Å²) >= 11 is 0. The van der Waals surface area contributed by atoms with Crippen LogP contribution in [0.25, 0.3) is 0 Å². The van der Waals surface area contributed by atoms with Crippen molar-refractivity contribution >= 4 is 5.97 Å². The van der Waals surface area contributed by atoms with Crippen molar-refractivity contribution in [3.05, 3.63) is 17.3 Å². The number of halogens is 2. The molecule has 1 aliphatic rings. The van der Waals surface area contributed by atoms with Gasteiger partial charge < -0.3 is 9.52 Å². The fourth-order valence-electron chi connectivity index (χ4n) is 2.33. The summed E-state index contributed by atoms with van der Waals surface area (Å²) in [5, 5.41) is 8.80. The van der Waals surface area contributed by atoms with Gasteiger partial charge in [-0.3, -0.25) is 0 Å². The van der Waals surface area contributed by atoms with E-state index in [9.17, 15) is 13.6 Å². The second-order valence-corrected chi connectivity index (χ2v) is 4.83. The second-order valence-electron chi connectivity index (χ2n) is 4.83. The molecule has 6 heteroatoms. The molecule has 18 heavy (non-hydrogen) atoms. The van der Waals surface area contributed by atoms with E-state index in [1.54, 1.807) is 0 Å². The van der Waals surface area contributed by atoms with Crippen LogP contribution in [0, 0.1) is 5.92 Å². The molecule has 1 saturated carbocycles. The van der Waals surface area contributed by atoms with Crippen LogP contribution in [-0.2, 0) is 0 Å². The lowest BCUT2D eigenvalue weighted by molar-refractivity contribution is 0.0643. The van der Waals surface area contributed by atoms with Gasteiger partial charge in [0.15, 0.2) is 11.6 Å². The molecule has 0 saturated heterocycles. The number of nitrogens with zero attached hydrogens (tertiary/aromatic N) is 1. The molecule has 0 spiro atoms. The van der Waals surface area contributed by atoms with Crippen molar-refractivity contribution in [2.24, 2.45) is 5.92 Å². The van der Waals surface area contributed by atoms with Crippen LogP contribution in [0.3, 0.4) is 0 Å². The number of rotatable bonds is 3. The fourth-order valence-corrected chi connectivity index (χ4v) is 2.33. The monoisotopic (exact) mass is 259 g/mol. The SMILES string of the molecule is CC1CCC(c2nc(C(F)F)c(C(=O)O)o2)CC1. The van der Waals surface area contributed by atoms with E-state index in [0.29, 0.717) is 5.92 Å². The van der Waals surface area contributed by atoms with Crippen LogP contribution >= 0.6 is 0 Å². The van der Waals surface area contributed by atoms with Gasteiger partial charge in [-0.05, 0) is 31.6 Å². The molecular weight excluding hydrogens is 244 g/mol. The number of carboxylic acids is 1. The summed E-state index contributed by atoms with van der Waals surface area (Å²) in [5.41, 5.74) is -0.754. The normalized spacial score (nSPS) is 24.4. The molecule has 0 radical (unpaired) electrons. The van der Waals surface area contributed by atoms with E-state index in [0.717, 1.165) is 25.7 Å². The van der Waals surface area contributed by atoms with Crippen LogP contribution in [0.4, 0.5) is 8.78 Å². The highest BCUT2D eigenvalue weighted by molar-refractivity contribution is 5.85. The zero-order chi connectivity index (χ0) is 13.3. The Morgan fingerprint density at radius 3 is 2.44 bits per heavy atom. The molecule has 0 unspecified atom stereocenters. The van der Waals surface area contributed by atoms with E-state index in [4.69, 9.17) is 9.52 Å². The topological polar surface area (TPSA) is 63.3 Å². The van der Waals surface area contributed by atoms with Gasteiger partial charge in [0.1, 0.15) is 0 Å². The lowest BCUT2D eigenvalue weighted by Crippen LogP contribution is -2.11. The first-order valence-corrected chi connectivity index (χ1v) is 6.01. The smallest absolute Gasteiger partial charge is 0.374 e. The van der Waals surface area contributed by atoms with Crippen molar-refractivity contribution in [1.29, 1.82) is 0 Å². The van der Waals surface area contributed by atoms with Crippen LogP contribution in [0.2, 0.25) is 0 Å². The molecule has 1 aromatic rings. The van der Waals surface area contributed by atoms with Crippen LogP contribution in [-0.4, -0.2) is 16.1 Å². The Morgan fingerprint density at radius 1 is 1.39 bits per heavy atom. The van der Waals surface area contributed by atoms with Gasteiger partial charge in [-0.1, -0.05) is 6.92 Å². The number of alkyl halides is 2. The minimum Gasteiger partial charge on any atom is -0.475 e. The Hall–Kier alpha value is -1.46. The number of carbonyl (C=O) groups is 1. The molecule has 1 heterocycles. The molecule has 1 fully saturated rings. The van der Waals surface area contributed by atoms with E-state index < -0.39 is 23.8 Å². The van der Waals surface area contributed by atoms with Crippen molar-refractivity contribution in [3.63, 3.8) is 0 Å². The predicted molar refractivity (Wildman–Crippen MR) is 58.8 cm³/mol. The molecular formula is C12H15F2NO3. The summed E-state index contributed by atoms with van der Waals surface area (Å²) in [7, 11) is 0. The molecule has 1 aromatic heterocycles. The average Bonchev–Trinajstić information content (AvgIpc) is 2.75. The largest absolute Gasteiger partial charge is 0.475 e. The average molecular weight is 259 g/mol. The standard InChI is InChI=1S/C12H15F2NO3/c1-6-2-4-7(5-3-6)11-15-8(10(13)14)9(18-11)12(16)17/h6-7,10H,2-5H2,1H3,(H,16,17).